The van der Waals surface area contributed by atoms with Crippen LogP contribution >= 0.6 is 11.6 Å². The standard InChI is InChI=1S/C19H17ClN2O3/c20-14-5-3-6-15(12-14)25-11-10-22-17(23)19(21-18(22)24)9-8-13-4-1-2-7-16(13)19/h1-7,12H,8-11H2,(H,21,24)/t19-/m0/s1. The Bertz CT molecular complexity index is 854. The van der Waals surface area contributed by atoms with Crippen LogP contribution in [0, 0.1) is 0 Å². The number of halogens is 1. The van der Waals surface area contributed by atoms with E-state index in [1.807, 2.05) is 24.3 Å². The number of nitrogens with zero attached hydrogens (tertiary/aromatic N) is 1. The van der Waals surface area contributed by atoms with E-state index in [1.165, 1.54) is 4.90 Å². The third kappa shape index (κ3) is 2.65. The van der Waals surface area contributed by atoms with E-state index in [-0.39, 0.29) is 25.1 Å². The number of hydrogen-bond donors (Lipinski definition) is 1. The quantitative estimate of drug-likeness (QED) is 0.856. The third-order valence-electron chi connectivity index (χ3n) is 4.80. The average molecular weight is 357 g/mol. The first-order chi connectivity index (χ1) is 12.1. The SMILES string of the molecule is O=C1N[C@]2(CCc3ccccc32)C(=O)N1CCOc1cccc(Cl)c1. The first-order valence-corrected chi connectivity index (χ1v) is 8.59. The Morgan fingerprint density at radius 1 is 1.16 bits per heavy atom. The molecular weight excluding hydrogens is 340 g/mol. The molecule has 2 aromatic carbocycles. The van der Waals surface area contributed by atoms with Gasteiger partial charge in [0.15, 0.2) is 0 Å². The third-order valence-corrected chi connectivity index (χ3v) is 5.04. The van der Waals surface area contributed by atoms with Gasteiger partial charge in [-0.1, -0.05) is 41.9 Å². The Labute approximate surface area is 150 Å². The highest BCUT2D eigenvalue weighted by atomic mass is 35.5. The van der Waals surface area contributed by atoms with Gasteiger partial charge in [-0.3, -0.25) is 9.69 Å². The predicted molar refractivity (Wildman–Crippen MR) is 93.6 cm³/mol. The summed E-state index contributed by atoms with van der Waals surface area (Å²) in [4.78, 5) is 26.6. The van der Waals surface area contributed by atoms with Crippen molar-refractivity contribution >= 4 is 23.5 Å². The number of rotatable bonds is 4. The van der Waals surface area contributed by atoms with Crippen molar-refractivity contribution in [1.82, 2.24) is 10.2 Å². The fraction of sp³-hybridized carbons (Fsp3) is 0.263. The van der Waals surface area contributed by atoms with Gasteiger partial charge in [0, 0.05) is 5.02 Å². The van der Waals surface area contributed by atoms with E-state index in [2.05, 4.69) is 5.32 Å². The molecule has 2 aromatic rings. The van der Waals surface area contributed by atoms with E-state index in [0.29, 0.717) is 17.2 Å². The fourth-order valence-electron chi connectivity index (χ4n) is 3.60. The van der Waals surface area contributed by atoms with Crippen LogP contribution in [-0.2, 0) is 16.8 Å². The average Bonchev–Trinajstić information content (AvgIpc) is 3.09. The minimum absolute atomic E-state index is 0.196. The van der Waals surface area contributed by atoms with Crippen LogP contribution in [0.15, 0.2) is 48.5 Å². The number of ether oxygens (including phenoxy) is 1. The lowest BCUT2D eigenvalue weighted by Gasteiger charge is -2.22. The molecule has 1 saturated heterocycles. The lowest BCUT2D eigenvalue weighted by molar-refractivity contribution is -0.131. The molecule has 1 atom stereocenters. The summed E-state index contributed by atoms with van der Waals surface area (Å²) in [5, 5.41) is 3.48. The van der Waals surface area contributed by atoms with Crippen LogP contribution < -0.4 is 10.1 Å². The molecule has 1 fully saturated rings. The van der Waals surface area contributed by atoms with Crippen molar-refractivity contribution in [3.05, 3.63) is 64.7 Å². The normalized spacial score (nSPS) is 21.6. The van der Waals surface area contributed by atoms with Crippen LogP contribution in [-0.4, -0.2) is 30.0 Å². The largest absolute Gasteiger partial charge is 0.492 e. The Balaban J connectivity index is 1.47. The molecule has 6 heteroatoms. The van der Waals surface area contributed by atoms with Gasteiger partial charge < -0.3 is 10.1 Å². The van der Waals surface area contributed by atoms with Crippen LogP contribution in [0.3, 0.4) is 0 Å². The van der Waals surface area contributed by atoms with E-state index in [0.717, 1.165) is 17.5 Å². The molecule has 25 heavy (non-hydrogen) atoms. The van der Waals surface area contributed by atoms with Crippen LogP contribution in [0.2, 0.25) is 5.02 Å². The molecule has 2 aliphatic rings. The summed E-state index contributed by atoms with van der Waals surface area (Å²) in [6.45, 7) is 0.415. The Morgan fingerprint density at radius 3 is 2.84 bits per heavy atom. The Morgan fingerprint density at radius 2 is 2.00 bits per heavy atom. The molecule has 128 valence electrons. The minimum atomic E-state index is -0.913. The second-order valence-electron chi connectivity index (χ2n) is 6.26. The summed E-state index contributed by atoms with van der Waals surface area (Å²) in [7, 11) is 0. The van der Waals surface area contributed by atoms with Crippen molar-refractivity contribution in [2.45, 2.75) is 18.4 Å². The number of fused-ring (bicyclic) bond motifs is 2. The molecule has 3 amide bonds. The zero-order valence-corrected chi connectivity index (χ0v) is 14.3. The molecule has 0 aromatic heterocycles. The van der Waals surface area contributed by atoms with Crippen LogP contribution in [0.5, 0.6) is 5.75 Å². The van der Waals surface area contributed by atoms with E-state index in [1.54, 1.807) is 24.3 Å². The zero-order valence-electron chi connectivity index (χ0n) is 13.5. The molecule has 1 spiro atoms. The van der Waals surface area contributed by atoms with Gasteiger partial charge in [-0.2, -0.15) is 0 Å². The molecule has 0 unspecified atom stereocenters. The molecule has 0 saturated carbocycles. The number of urea groups is 1. The van der Waals surface area contributed by atoms with E-state index in [4.69, 9.17) is 16.3 Å². The summed E-state index contributed by atoms with van der Waals surface area (Å²) in [5.74, 6) is 0.414. The summed E-state index contributed by atoms with van der Waals surface area (Å²) in [6, 6.07) is 14.4. The van der Waals surface area contributed by atoms with Gasteiger partial charge in [-0.15, -0.1) is 0 Å². The van der Waals surface area contributed by atoms with Gasteiger partial charge in [-0.25, -0.2) is 4.79 Å². The highest BCUT2D eigenvalue weighted by Gasteiger charge is 2.54. The van der Waals surface area contributed by atoms with Gasteiger partial charge in [0.1, 0.15) is 17.9 Å². The minimum Gasteiger partial charge on any atom is -0.492 e. The second-order valence-corrected chi connectivity index (χ2v) is 6.69. The van der Waals surface area contributed by atoms with Crippen molar-refractivity contribution < 1.29 is 14.3 Å². The van der Waals surface area contributed by atoms with E-state index < -0.39 is 5.54 Å². The van der Waals surface area contributed by atoms with Gasteiger partial charge in [0.2, 0.25) is 0 Å². The van der Waals surface area contributed by atoms with Crippen molar-refractivity contribution in [2.75, 3.05) is 13.2 Å². The molecule has 1 aliphatic heterocycles. The summed E-state index contributed by atoms with van der Waals surface area (Å²) >= 11 is 5.92. The number of amides is 3. The van der Waals surface area contributed by atoms with E-state index >= 15 is 0 Å². The number of imide groups is 1. The van der Waals surface area contributed by atoms with Gasteiger partial charge >= 0.3 is 6.03 Å². The summed E-state index contributed by atoms with van der Waals surface area (Å²) < 4.78 is 5.61. The van der Waals surface area contributed by atoms with E-state index in [9.17, 15) is 9.59 Å². The second kappa shape index (κ2) is 6.08. The molecule has 5 nitrogen and oxygen atoms in total. The number of carbonyl (C=O) groups is 2. The van der Waals surface area contributed by atoms with Crippen molar-refractivity contribution in [2.24, 2.45) is 0 Å². The number of carbonyl (C=O) groups excluding carboxylic acids is 2. The van der Waals surface area contributed by atoms with Crippen molar-refractivity contribution in [3.8, 4) is 5.75 Å². The molecule has 0 bridgehead atoms. The first kappa shape index (κ1) is 16.0. The molecular formula is C19H17ClN2O3. The number of nitrogens with one attached hydrogen (secondary N) is 1. The smallest absolute Gasteiger partial charge is 0.325 e. The maximum Gasteiger partial charge on any atom is 0.325 e. The lowest BCUT2D eigenvalue weighted by Crippen LogP contribution is -2.42. The maximum absolute atomic E-state index is 13.0. The van der Waals surface area contributed by atoms with Crippen molar-refractivity contribution in [3.63, 3.8) is 0 Å². The monoisotopic (exact) mass is 356 g/mol. The summed E-state index contributed by atoms with van der Waals surface area (Å²) in [5.41, 5.74) is 1.11. The highest BCUT2D eigenvalue weighted by Crippen LogP contribution is 2.41. The molecule has 4 rings (SSSR count). The zero-order chi connectivity index (χ0) is 17.4. The van der Waals surface area contributed by atoms with Crippen LogP contribution in [0.4, 0.5) is 4.79 Å². The fourth-order valence-corrected chi connectivity index (χ4v) is 3.78. The topological polar surface area (TPSA) is 58.6 Å². The lowest BCUT2D eigenvalue weighted by atomic mass is 9.92. The van der Waals surface area contributed by atoms with Crippen LogP contribution in [0.25, 0.3) is 0 Å². The van der Waals surface area contributed by atoms with Gasteiger partial charge in [0.25, 0.3) is 5.91 Å². The molecule has 1 aliphatic carbocycles. The highest BCUT2D eigenvalue weighted by molar-refractivity contribution is 6.30. The molecule has 0 radical (unpaired) electrons. The number of benzene rings is 2. The van der Waals surface area contributed by atoms with Gasteiger partial charge in [-0.05, 0) is 42.2 Å². The Kier molecular flexibility index (Phi) is 3.88. The number of hydrogen-bond acceptors (Lipinski definition) is 3. The summed E-state index contributed by atoms with van der Waals surface area (Å²) in [6.07, 6.45) is 1.39. The first-order valence-electron chi connectivity index (χ1n) is 8.21. The van der Waals surface area contributed by atoms with Gasteiger partial charge in [0.05, 0.1) is 6.54 Å². The predicted octanol–water partition coefficient (Wildman–Crippen LogP) is 3.11. The molecule has 1 heterocycles. The van der Waals surface area contributed by atoms with Crippen molar-refractivity contribution in [1.29, 1.82) is 0 Å². The van der Waals surface area contributed by atoms with Crippen LogP contribution in [0.1, 0.15) is 17.5 Å². The molecule has 1 N–H and O–H groups in total. The Hall–Kier alpha value is -2.53. The number of aryl methyl sites for hydroxylation is 1. The maximum atomic E-state index is 13.0.